The molecule has 2 rings (SSSR count). The minimum absolute atomic E-state index is 0.215. The molecule has 0 heterocycles. The van der Waals surface area contributed by atoms with Crippen LogP contribution >= 0.6 is 0 Å². The van der Waals surface area contributed by atoms with Gasteiger partial charge in [-0.3, -0.25) is 0 Å². The van der Waals surface area contributed by atoms with Crippen LogP contribution in [0.25, 0.3) is 0 Å². The van der Waals surface area contributed by atoms with Gasteiger partial charge in [0.05, 0.1) is 6.61 Å². The summed E-state index contributed by atoms with van der Waals surface area (Å²) in [6.07, 6.45) is 5.57. The number of hydrogen-bond donors (Lipinski definition) is 1. The van der Waals surface area contributed by atoms with Crippen molar-refractivity contribution < 1.29 is 4.74 Å². The lowest BCUT2D eigenvalue weighted by Crippen LogP contribution is -2.45. The van der Waals surface area contributed by atoms with Gasteiger partial charge in [0.15, 0.2) is 0 Å². The maximum absolute atomic E-state index is 5.95. The average Bonchev–Trinajstić information content (AvgIpc) is 3.04. The van der Waals surface area contributed by atoms with E-state index in [9.17, 15) is 0 Å². The van der Waals surface area contributed by atoms with Crippen molar-refractivity contribution in [2.45, 2.75) is 58.9 Å². The van der Waals surface area contributed by atoms with Gasteiger partial charge in [0, 0.05) is 24.1 Å². The Hall–Kier alpha value is -0.0800. The van der Waals surface area contributed by atoms with E-state index >= 15 is 0 Å². The molecule has 100 valence electrons. The third-order valence-electron chi connectivity index (χ3n) is 4.07. The predicted octanol–water partition coefficient (Wildman–Crippen LogP) is 3.22. The second-order valence-corrected chi connectivity index (χ2v) is 7.49. The minimum atomic E-state index is 0.215. The minimum Gasteiger partial charge on any atom is -0.381 e. The highest BCUT2D eigenvalue weighted by Crippen LogP contribution is 2.45. The highest BCUT2D eigenvalue weighted by molar-refractivity contribution is 4.94. The van der Waals surface area contributed by atoms with Crippen LogP contribution in [0.1, 0.15) is 53.4 Å². The lowest BCUT2D eigenvalue weighted by molar-refractivity contribution is 0.0315. The van der Waals surface area contributed by atoms with Crippen molar-refractivity contribution >= 4 is 0 Å². The highest BCUT2D eigenvalue weighted by atomic mass is 16.5. The van der Waals surface area contributed by atoms with E-state index in [-0.39, 0.29) is 5.54 Å². The van der Waals surface area contributed by atoms with Gasteiger partial charge in [-0.15, -0.1) is 0 Å². The van der Waals surface area contributed by atoms with E-state index in [0.717, 1.165) is 31.6 Å². The van der Waals surface area contributed by atoms with Crippen LogP contribution in [0.4, 0.5) is 0 Å². The Bertz CT molecular complexity index is 250. The molecule has 0 aromatic rings. The molecule has 0 aliphatic heterocycles. The van der Waals surface area contributed by atoms with Crippen LogP contribution < -0.4 is 5.32 Å². The summed E-state index contributed by atoms with van der Waals surface area (Å²) < 4.78 is 5.95. The fourth-order valence-corrected chi connectivity index (χ4v) is 2.30. The lowest BCUT2D eigenvalue weighted by atomic mass is 9.85. The van der Waals surface area contributed by atoms with Crippen LogP contribution in [0.3, 0.4) is 0 Å². The first kappa shape index (κ1) is 13.4. The molecule has 0 aromatic heterocycles. The Morgan fingerprint density at radius 1 is 1.06 bits per heavy atom. The Balaban J connectivity index is 1.75. The standard InChI is InChI=1S/C15H29NO/c1-14(2,3)16-10-15(4,13-7-8-13)11-17-9-12-5-6-12/h12-13,16H,5-11H2,1-4H3. The summed E-state index contributed by atoms with van der Waals surface area (Å²) in [4.78, 5) is 0. The molecule has 0 saturated heterocycles. The van der Waals surface area contributed by atoms with Crippen molar-refractivity contribution in [1.82, 2.24) is 5.32 Å². The zero-order chi connectivity index (χ0) is 12.5. The summed E-state index contributed by atoms with van der Waals surface area (Å²) in [5.74, 6) is 1.77. The summed E-state index contributed by atoms with van der Waals surface area (Å²) in [6.45, 7) is 12.2. The molecule has 0 spiro atoms. The lowest BCUT2D eigenvalue weighted by Gasteiger charge is -2.33. The fraction of sp³-hybridized carbons (Fsp3) is 1.00. The molecule has 2 aliphatic rings. The molecule has 0 aromatic carbocycles. The van der Waals surface area contributed by atoms with Gasteiger partial charge in [0.2, 0.25) is 0 Å². The van der Waals surface area contributed by atoms with Gasteiger partial charge in [-0.05, 0) is 58.3 Å². The van der Waals surface area contributed by atoms with E-state index in [0.29, 0.717) is 5.41 Å². The van der Waals surface area contributed by atoms with E-state index in [2.05, 4.69) is 33.0 Å². The summed E-state index contributed by atoms with van der Waals surface area (Å²) >= 11 is 0. The van der Waals surface area contributed by atoms with Crippen LogP contribution in [0.5, 0.6) is 0 Å². The average molecular weight is 239 g/mol. The molecule has 2 fully saturated rings. The third-order valence-corrected chi connectivity index (χ3v) is 4.07. The van der Waals surface area contributed by atoms with Gasteiger partial charge < -0.3 is 10.1 Å². The van der Waals surface area contributed by atoms with Gasteiger partial charge in [-0.25, -0.2) is 0 Å². The smallest absolute Gasteiger partial charge is 0.0534 e. The number of rotatable bonds is 7. The third kappa shape index (κ3) is 4.59. The van der Waals surface area contributed by atoms with Crippen molar-refractivity contribution in [2.75, 3.05) is 19.8 Å². The van der Waals surface area contributed by atoms with Crippen molar-refractivity contribution in [2.24, 2.45) is 17.3 Å². The van der Waals surface area contributed by atoms with Crippen LogP contribution in [0, 0.1) is 17.3 Å². The zero-order valence-electron chi connectivity index (χ0n) is 12.0. The molecule has 1 N–H and O–H groups in total. The van der Waals surface area contributed by atoms with E-state index in [1.807, 2.05) is 0 Å². The summed E-state index contributed by atoms with van der Waals surface area (Å²) in [5.41, 5.74) is 0.564. The van der Waals surface area contributed by atoms with Gasteiger partial charge in [0.25, 0.3) is 0 Å². The van der Waals surface area contributed by atoms with Crippen LogP contribution in [0.2, 0.25) is 0 Å². The highest BCUT2D eigenvalue weighted by Gasteiger charge is 2.42. The summed E-state index contributed by atoms with van der Waals surface area (Å²) in [5, 5.41) is 3.66. The molecule has 2 saturated carbocycles. The molecule has 0 radical (unpaired) electrons. The van der Waals surface area contributed by atoms with Crippen LogP contribution in [-0.2, 0) is 4.74 Å². The quantitative estimate of drug-likeness (QED) is 0.736. The van der Waals surface area contributed by atoms with Gasteiger partial charge in [0.1, 0.15) is 0 Å². The Labute approximate surface area is 107 Å². The molecule has 2 heteroatoms. The second-order valence-electron chi connectivity index (χ2n) is 7.49. The van der Waals surface area contributed by atoms with Crippen LogP contribution in [-0.4, -0.2) is 25.3 Å². The van der Waals surface area contributed by atoms with Gasteiger partial charge >= 0.3 is 0 Å². The maximum Gasteiger partial charge on any atom is 0.0534 e. The van der Waals surface area contributed by atoms with E-state index in [1.165, 1.54) is 25.7 Å². The SMILES string of the molecule is CC(C)(C)NCC(C)(COCC1CC1)C1CC1. The Morgan fingerprint density at radius 3 is 2.18 bits per heavy atom. The molecular formula is C15H29NO. The second kappa shape index (κ2) is 4.89. The molecular weight excluding hydrogens is 210 g/mol. The molecule has 2 aliphatic carbocycles. The number of hydrogen-bond acceptors (Lipinski definition) is 2. The normalized spacial score (nSPS) is 24.7. The zero-order valence-corrected chi connectivity index (χ0v) is 12.0. The van der Waals surface area contributed by atoms with Gasteiger partial charge in [-0.2, -0.15) is 0 Å². The Morgan fingerprint density at radius 2 is 1.71 bits per heavy atom. The number of nitrogens with one attached hydrogen (secondary N) is 1. The Kier molecular flexibility index (Phi) is 3.84. The molecule has 17 heavy (non-hydrogen) atoms. The molecule has 1 atom stereocenters. The fourth-order valence-electron chi connectivity index (χ4n) is 2.30. The molecule has 0 amide bonds. The van der Waals surface area contributed by atoms with E-state index in [4.69, 9.17) is 4.74 Å². The first-order valence-corrected chi connectivity index (χ1v) is 7.22. The maximum atomic E-state index is 5.95. The summed E-state index contributed by atoms with van der Waals surface area (Å²) in [6, 6.07) is 0. The first-order chi connectivity index (χ1) is 7.89. The summed E-state index contributed by atoms with van der Waals surface area (Å²) in [7, 11) is 0. The van der Waals surface area contributed by atoms with Crippen molar-refractivity contribution in [3.63, 3.8) is 0 Å². The van der Waals surface area contributed by atoms with Crippen molar-refractivity contribution in [3.8, 4) is 0 Å². The van der Waals surface area contributed by atoms with E-state index < -0.39 is 0 Å². The number of ether oxygens (including phenoxy) is 1. The molecule has 0 bridgehead atoms. The van der Waals surface area contributed by atoms with Crippen molar-refractivity contribution in [3.05, 3.63) is 0 Å². The first-order valence-electron chi connectivity index (χ1n) is 7.22. The molecule has 1 unspecified atom stereocenters. The predicted molar refractivity (Wildman–Crippen MR) is 72.1 cm³/mol. The largest absolute Gasteiger partial charge is 0.381 e. The topological polar surface area (TPSA) is 21.3 Å². The van der Waals surface area contributed by atoms with Crippen LogP contribution in [0.15, 0.2) is 0 Å². The van der Waals surface area contributed by atoms with Crippen molar-refractivity contribution in [1.29, 1.82) is 0 Å². The van der Waals surface area contributed by atoms with Gasteiger partial charge in [-0.1, -0.05) is 6.92 Å². The molecule has 2 nitrogen and oxygen atoms in total. The van der Waals surface area contributed by atoms with E-state index in [1.54, 1.807) is 0 Å². The monoisotopic (exact) mass is 239 g/mol.